The lowest BCUT2D eigenvalue weighted by Crippen LogP contribution is -2.45. The quantitative estimate of drug-likeness (QED) is 0.498. The van der Waals surface area contributed by atoms with Crippen LogP contribution in [-0.4, -0.2) is 77.5 Å². The van der Waals surface area contributed by atoms with Crippen LogP contribution in [0.4, 0.5) is 10.8 Å². The average Bonchev–Trinajstić information content (AvgIpc) is 3.15. The highest BCUT2D eigenvalue weighted by atomic mass is 32.1. The van der Waals surface area contributed by atoms with Gasteiger partial charge in [0.15, 0.2) is 5.13 Å². The fourth-order valence-electron chi connectivity index (χ4n) is 3.02. The third-order valence-electron chi connectivity index (χ3n) is 4.58. The number of thiazole rings is 1. The summed E-state index contributed by atoms with van der Waals surface area (Å²) in [6.45, 7) is 5.30. The fraction of sp³-hybridized carbons (Fsp3) is 0.421. The lowest BCUT2D eigenvalue weighted by Gasteiger charge is -2.30. The van der Waals surface area contributed by atoms with Crippen LogP contribution >= 0.6 is 11.3 Å². The number of aryl methyl sites for hydroxylation is 1. The predicted octanol–water partition coefficient (Wildman–Crippen LogP) is 1.77. The Morgan fingerprint density at radius 2 is 2.13 bits per heavy atom. The van der Waals surface area contributed by atoms with Crippen molar-refractivity contribution in [2.24, 2.45) is 0 Å². The van der Waals surface area contributed by atoms with Crippen molar-refractivity contribution in [3.8, 4) is 0 Å². The monoisotopic (exact) mass is 433 g/mol. The van der Waals surface area contributed by atoms with Crippen LogP contribution in [0.3, 0.4) is 0 Å². The van der Waals surface area contributed by atoms with Crippen LogP contribution in [0, 0.1) is 17.0 Å². The average molecular weight is 433 g/mol. The zero-order valence-electron chi connectivity index (χ0n) is 16.6. The molecule has 1 fully saturated rings. The van der Waals surface area contributed by atoms with Crippen LogP contribution in [0.2, 0.25) is 0 Å². The summed E-state index contributed by atoms with van der Waals surface area (Å²) in [6.07, 6.45) is 0. The summed E-state index contributed by atoms with van der Waals surface area (Å²) in [5.41, 5.74) is 0.799. The molecule has 1 aromatic heterocycles. The van der Waals surface area contributed by atoms with Crippen LogP contribution in [-0.2, 0) is 9.53 Å². The molecule has 10 nitrogen and oxygen atoms in total. The van der Waals surface area contributed by atoms with E-state index in [9.17, 15) is 19.7 Å². The maximum absolute atomic E-state index is 13.1. The molecule has 1 aromatic carbocycles. The Morgan fingerprint density at radius 3 is 2.80 bits per heavy atom. The van der Waals surface area contributed by atoms with Crippen LogP contribution < -0.4 is 5.32 Å². The highest BCUT2D eigenvalue weighted by Gasteiger charge is 2.22. The molecule has 0 spiro atoms. The van der Waals surface area contributed by atoms with E-state index in [1.165, 1.54) is 40.5 Å². The minimum absolute atomic E-state index is 0.170. The smallest absolute Gasteiger partial charge is 0.270 e. The van der Waals surface area contributed by atoms with Gasteiger partial charge in [-0.15, -0.1) is 11.3 Å². The van der Waals surface area contributed by atoms with E-state index in [2.05, 4.69) is 15.2 Å². The zero-order chi connectivity index (χ0) is 21.5. The van der Waals surface area contributed by atoms with E-state index in [1.807, 2.05) is 12.3 Å². The van der Waals surface area contributed by atoms with Gasteiger partial charge in [-0.05, 0) is 13.0 Å². The Bertz CT molecular complexity index is 912. The van der Waals surface area contributed by atoms with Crippen molar-refractivity contribution >= 4 is 34.0 Å². The summed E-state index contributed by atoms with van der Waals surface area (Å²) < 4.78 is 5.34. The molecule has 1 aliphatic heterocycles. The Morgan fingerprint density at radius 1 is 1.37 bits per heavy atom. The highest BCUT2D eigenvalue weighted by molar-refractivity contribution is 7.13. The third kappa shape index (κ3) is 6.05. The second-order valence-electron chi connectivity index (χ2n) is 6.83. The molecule has 11 heteroatoms. The molecule has 1 saturated heterocycles. The second-order valence-corrected chi connectivity index (χ2v) is 7.69. The van der Waals surface area contributed by atoms with Crippen molar-refractivity contribution in [3.63, 3.8) is 0 Å². The third-order valence-corrected chi connectivity index (χ3v) is 5.46. The number of rotatable bonds is 8. The van der Waals surface area contributed by atoms with E-state index in [0.717, 1.165) is 18.8 Å². The number of benzene rings is 1. The van der Waals surface area contributed by atoms with Gasteiger partial charge >= 0.3 is 0 Å². The first kappa shape index (κ1) is 21.8. The van der Waals surface area contributed by atoms with E-state index >= 15 is 0 Å². The molecular weight excluding hydrogens is 410 g/mol. The van der Waals surface area contributed by atoms with Gasteiger partial charge in [-0.1, -0.05) is 6.07 Å². The van der Waals surface area contributed by atoms with Crippen molar-refractivity contribution in [3.05, 3.63) is 51.0 Å². The number of hydrogen-bond acceptors (Lipinski definition) is 8. The van der Waals surface area contributed by atoms with Gasteiger partial charge in [0.1, 0.15) is 6.54 Å². The molecule has 3 rings (SSSR count). The zero-order valence-corrected chi connectivity index (χ0v) is 17.4. The number of non-ortho nitro benzene ring substituents is 1. The molecule has 2 heterocycles. The first-order chi connectivity index (χ1) is 14.4. The summed E-state index contributed by atoms with van der Waals surface area (Å²) in [5.74, 6) is -0.803. The number of nitro benzene ring substituents is 1. The molecule has 30 heavy (non-hydrogen) atoms. The Kier molecular flexibility index (Phi) is 7.44. The van der Waals surface area contributed by atoms with Gasteiger partial charge in [0, 0.05) is 49.3 Å². The molecular formula is C19H23N5O5S. The lowest BCUT2D eigenvalue weighted by molar-refractivity contribution is -0.384. The van der Waals surface area contributed by atoms with E-state index in [0.29, 0.717) is 31.4 Å². The number of amides is 2. The number of morpholine rings is 1. The van der Waals surface area contributed by atoms with Gasteiger partial charge in [-0.25, -0.2) is 4.98 Å². The normalized spacial score (nSPS) is 14.3. The number of aromatic nitrogens is 1. The molecule has 0 radical (unpaired) electrons. The maximum Gasteiger partial charge on any atom is 0.270 e. The SMILES string of the molecule is Cc1csc(NC(=O)CN(CCN2CCOCC2)C(=O)c2cccc([N+](=O)[O-])c2)n1. The Labute approximate surface area is 177 Å². The number of nitrogens with one attached hydrogen (secondary N) is 1. The Balaban J connectivity index is 1.71. The van der Waals surface area contributed by atoms with Crippen LogP contribution in [0.1, 0.15) is 16.1 Å². The van der Waals surface area contributed by atoms with Crippen LogP contribution in [0.5, 0.6) is 0 Å². The molecule has 0 unspecified atom stereocenters. The van der Waals surface area contributed by atoms with Gasteiger partial charge in [-0.2, -0.15) is 0 Å². The minimum Gasteiger partial charge on any atom is -0.379 e. The number of ether oxygens (including phenoxy) is 1. The molecule has 1 N–H and O–H groups in total. The highest BCUT2D eigenvalue weighted by Crippen LogP contribution is 2.16. The summed E-state index contributed by atoms with van der Waals surface area (Å²) in [6, 6.07) is 5.53. The minimum atomic E-state index is -0.549. The molecule has 0 aliphatic carbocycles. The second kappa shape index (κ2) is 10.2. The number of nitro groups is 1. The van der Waals surface area contributed by atoms with Crippen molar-refractivity contribution in [2.45, 2.75) is 6.92 Å². The van der Waals surface area contributed by atoms with Gasteiger partial charge < -0.3 is 15.0 Å². The fourth-order valence-corrected chi connectivity index (χ4v) is 3.72. The van der Waals surface area contributed by atoms with Gasteiger partial charge in [0.25, 0.3) is 11.6 Å². The van der Waals surface area contributed by atoms with Gasteiger partial charge in [-0.3, -0.25) is 24.6 Å². The maximum atomic E-state index is 13.1. The van der Waals surface area contributed by atoms with Crippen molar-refractivity contribution in [1.29, 1.82) is 0 Å². The molecule has 0 bridgehead atoms. The number of carbonyl (C=O) groups is 2. The van der Waals surface area contributed by atoms with Crippen molar-refractivity contribution in [1.82, 2.24) is 14.8 Å². The number of anilines is 1. The first-order valence-electron chi connectivity index (χ1n) is 9.48. The Hall–Kier alpha value is -2.89. The molecule has 1 aliphatic rings. The molecule has 2 amide bonds. The summed E-state index contributed by atoms with van der Waals surface area (Å²) in [5, 5.41) is 16.0. The van der Waals surface area contributed by atoms with Crippen molar-refractivity contribution < 1.29 is 19.2 Å². The standard InChI is InChI=1S/C19H23N5O5S/c1-14-13-30-19(20-14)21-17(25)12-23(6-5-22-7-9-29-10-8-22)18(26)15-3-2-4-16(11-15)24(27)28/h2-4,11,13H,5-10,12H2,1H3,(H,20,21,25). The van der Waals surface area contributed by atoms with Crippen LogP contribution in [0.25, 0.3) is 0 Å². The summed E-state index contributed by atoms with van der Waals surface area (Å²) in [7, 11) is 0. The van der Waals surface area contributed by atoms with E-state index < -0.39 is 10.8 Å². The molecule has 2 aromatic rings. The summed E-state index contributed by atoms with van der Waals surface area (Å²) in [4.78, 5) is 43.8. The molecule has 0 atom stereocenters. The molecule has 0 saturated carbocycles. The number of hydrogen-bond donors (Lipinski definition) is 1. The molecule has 160 valence electrons. The first-order valence-corrected chi connectivity index (χ1v) is 10.4. The van der Waals surface area contributed by atoms with E-state index in [4.69, 9.17) is 4.74 Å². The topological polar surface area (TPSA) is 118 Å². The van der Waals surface area contributed by atoms with Gasteiger partial charge in [0.05, 0.1) is 23.8 Å². The van der Waals surface area contributed by atoms with Crippen molar-refractivity contribution in [2.75, 3.05) is 51.3 Å². The largest absolute Gasteiger partial charge is 0.379 e. The van der Waals surface area contributed by atoms with E-state index in [-0.39, 0.29) is 23.7 Å². The van der Waals surface area contributed by atoms with Gasteiger partial charge in [0.2, 0.25) is 5.91 Å². The van der Waals surface area contributed by atoms with Crippen LogP contribution in [0.15, 0.2) is 29.6 Å². The predicted molar refractivity (Wildman–Crippen MR) is 112 cm³/mol. The number of nitrogens with zero attached hydrogens (tertiary/aromatic N) is 4. The lowest BCUT2D eigenvalue weighted by atomic mass is 10.1. The summed E-state index contributed by atoms with van der Waals surface area (Å²) >= 11 is 1.31. The van der Waals surface area contributed by atoms with E-state index in [1.54, 1.807) is 0 Å². The number of carbonyl (C=O) groups excluding carboxylic acids is 2.